The number of benzene rings is 1. The van der Waals surface area contributed by atoms with Crippen LogP contribution in [-0.2, 0) is 22.2 Å². The largest absolute Gasteiger partial charge is 0.416 e. The van der Waals surface area contributed by atoms with Gasteiger partial charge in [0, 0.05) is 43.9 Å². The number of nitrogens with zero attached hydrogens (tertiary/aromatic N) is 3. The van der Waals surface area contributed by atoms with E-state index in [4.69, 9.17) is 0 Å². The Kier molecular flexibility index (Phi) is 6.48. The van der Waals surface area contributed by atoms with Crippen LogP contribution < -0.4 is 0 Å². The van der Waals surface area contributed by atoms with Crippen LogP contribution in [0.25, 0.3) is 0 Å². The minimum atomic E-state index is -4.36. The van der Waals surface area contributed by atoms with E-state index in [2.05, 4.69) is 4.98 Å². The van der Waals surface area contributed by atoms with E-state index in [0.717, 1.165) is 36.6 Å². The third kappa shape index (κ3) is 5.29. The average molecular weight is 445 g/mol. The first kappa shape index (κ1) is 22.3. The topological polar surface area (TPSA) is 53.5 Å². The second-order valence-electron chi connectivity index (χ2n) is 8.56. The molecule has 2 aliphatic rings. The molecular weight excluding hydrogens is 419 g/mol. The lowest BCUT2D eigenvalue weighted by molar-refractivity contribution is -0.139. The van der Waals surface area contributed by atoms with Gasteiger partial charge in [-0.05, 0) is 48.9 Å². The monoisotopic (exact) mass is 445 g/mol. The number of halogens is 3. The molecule has 0 spiro atoms. The lowest BCUT2D eigenvalue weighted by atomic mass is 9.93. The summed E-state index contributed by atoms with van der Waals surface area (Å²) in [6, 6.07) is 9.14. The van der Waals surface area contributed by atoms with Gasteiger partial charge in [0.05, 0.1) is 12.1 Å². The van der Waals surface area contributed by atoms with E-state index in [1.54, 1.807) is 17.2 Å². The molecule has 1 aromatic carbocycles. The summed E-state index contributed by atoms with van der Waals surface area (Å²) in [5, 5.41) is 0. The Hall–Kier alpha value is -2.90. The molecule has 0 bridgehead atoms. The van der Waals surface area contributed by atoms with Crippen LogP contribution in [0, 0.1) is 0 Å². The maximum absolute atomic E-state index is 12.9. The van der Waals surface area contributed by atoms with Crippen molar-refractivity contribution in [3.63, 3.8) is 0 Å². The smallest absolute Gasteiger partial charge is 0.340 e. The van der Waals surface area contributed by atoms with E-state index in [9.17, 15) is 22.8 Å². The molecule has 0 saturated carbocycles. The maximum Gasteiger partial charge on any atom is 0.416 e. The average Bonchev–Trinajstić information content (AvgIpc) is 3.18. The molecule has 32 heavy (non-hydrogen) atoms. The fourth-order valence-corrected chi connectivity index (χ4v) is 4.45. The molecule has 0 unspecified atom stereocenters. The maximum atomic E-state index is 12.9. The number of alkyl halides is 3. The summed E-state index contributed by atoms with van der Waals surface area (Å²) in [5.74, 6) is 0.139. The zero-order valence-corrected chi connectivity index (χ0v) is 17.8. The highest BCUT2D eigenvalue weighted by atomic mass is 19.4. The normalized spacial score (nSPS) is 19.5. The molecule has 2 fully saturated rings. The Morgan fingerprint density at radius 3 is 2.62 bits per heavy atom. The third-order valence-corrected chi connectivity index (χ3v) is 6.20. The van der Waals surface area contributed by atoms with Crippen LogP contribution >= 0.6 is 0 Å². The van der Waals surface area contributed by atoms with Gasteiger partial charge >= 0.3 is 6.18 Å². The van der Waals surface area contributed by atoms with E-state index < -0.39 is 11.7 Å². The summed E-state index contributed by atoms with van der Waals surface area (Å²) >= 11 is 0. The predicted molar refractivity (Wildman–Crippen MR) is 113 cm³/mol. The molecule has 2 saturated heterocycles. The van der Waals surface area contributed by atoms with Gasteiger partial charge in [0.25, 0.3) is 0 Å². The predicted octanol–water partition coefficient (Wildman–Crippen LogP) is 4.02. The molecule has 0 aliphatic carbocycles. The van der Waals surface area contributed by atoms with E-state index in [1.165, 1.54) is 12.1 Å². The molecule has 170 valence electrons. The van der Waals surface area contributed by atoms with Crippen molar-refractivity contribution in [2.24, 2.45) is 0 Å². The zero-order valence-electron chi connectivity index (χ0n) is 17.8. The van der Waals surface area contributed by atoms with Crippen LogP contribution in [0.1, 0.15) is 54.0 Å². The second-order valence-corrected chi connectivity index (χ2v) is 8.56. The SMILES string of the molecule is O=C1CCCN1CC(=O)N1CCC[C@H](c2ccc(Cc3cccc(C(F)(F)F)c3)cn2)C1. The Morgan fingerprint density at radius 2 is 1.94 bits per heavy atom. The fourth-order valence-electron chi connectivity index (χ4n) is 4.45. The highest BCUT2D eigenvalue weighted by Crippen LogP contribution is 2.30. The number of rotatable bonds is 5. The van der Waals surface area contributed by atoms with Crippen molar-refractivity contribution in [1.29, 1.82) is 0 Å². The lowest BCUT2D eigenvalue weighted by Crippen LogP contribution is -2.45. The molecule has 4 rings (SSSR count). The van der Waals surface area contributed by atoms with E-state index in [0.29, 0.717) is 38.0 Å². The number of amides is 2. The number of aromatic nitrogens is 1. The Balaban J connectivity index is 1.37. The van der Waals surface area contributed by atoms with Crippen molar-refractivity contribution < 1.29 is 22.8 Å². The summed E-state index contributed by atoms with van der Waals surface area (Å²) in [6.07, 6.45) is 0.850. The van der Waals surface area contributed by atoms with E-state index in [-0.39, 0.29) is 24.3 Å². The first-order chi connectivity index (χ1) is 15.3. The van der Waals surface area contributed by atoms with Gasteiger partial charge < -0.3 is 9.80 Å². The van der Waals surface area contributed by atoms with Crippen molar-refractivity contribution in [1.82, 2.24) is 14.8 Å². The van der Waals surface area contributed by atoms with Crippen molar-refractivity contribution >= 4 is 11.8 Å². The number of hydrogen-bond donors (Lipinski definition) is 0. The van der Waals surface area contributed by atoms with Gasteiger partial charge in [0.1, 0.15) is 0 Å². The number of likely N-dealkylation sites (tertiary alicyclic amines) is 2. The van der Waals surface area contributed by atoms with Crippen molar-refractivity contribution in [2.75, 3.05) is 26.2 Å². The van der Waals surface area contributed by atoms with Gasteiger partial charge in [-0.2, -0.15) is 13.2 Å². The number of pyridine rings is 1. The van der Waals surface area contributed by atoms with Crippen LogP contribution in [0.15, 0.2) is 42.6 Å². The summed E-state index contributed by atoms with van der Waals surface area (Å²) in [6.45, 7) is 2.05. The summed E-state index contributed by atoms with van der Waals surface area (Å²) in [5.41, 5.74) is 1.65. The first-order valence-electron chi connectivity index (χ1n) is 11.0. The van der Waals surface area contributed by atoms with Crippen LogP contribution in [0.2, 0.25) is 0 Å². The van der Waals surface area contributed by atoms with Crippen LogP contribution in [-0.4, -0.2) is 52.8 Å². The van der Waals surface area contributed by atoms with Gasteiger partial charge in [0.15, 0.2) is 0 Å². The summed E-state index contributed by atoms with van der Waals surface area (Å²) in [4.78, 5) is 32.5. The molecule has 1 atom stereocenters. The minimum absolute atomic E-state index is 0.0221. The number of carbonyl (C=O) groups excluding carboxylic acids is 2. The van der Waals surface area contributed by atoms with Gasteiger partial charge in [-0.15, -0.1) is 0 Å². The quantitative estimate of drug-likeness (QED) is 0.699. The number of hydrogen-bond acceptors (Lipinski definition) is 3. The first-order valence-corrected chi connectivity index (χ1v) is 11.0. The Labute approximate surface area is 185 Å². The Morgan fingerprint density at radius 1 is 1.09 bits per heavy atom. The van der Waals surface area contributed by atoms with Gasteiger partial charge in [-0.25, -0.2) is 0 Å². The van der Waals surface area contributed by atoms with Gasteiger partial charge in [-0.1, -0.05) is 24.3 Å². The number of piperidine rings is 1. The van der Waals surface area contributed by atoms with Crippen molar-refractivity contribution in [3.05, 3.63) is 65.0 Å². The van der Waals surface area contributed by atoms with E-state index in [1.807, 2.05) is 17.0 Å². The summed E-state index contributed by atoms with van der Waals surface area (Å²) < 4.78 is 38.8. The molecule has 2 amide bonds. The fraction of sp³-hybridized carbons (Fsp3) is 0.458. The molecular formula is C24H26F3N3O2. The Bertz CT molecular complexity index is 975. The minimum Gasteiger partial charge on any atom is -0.340 e. The van der Waals surface area contributed by atoms with E-state index >= 15 is 0 Å². The molecule has 8 heteroatoms. The molecule has 2 aromatic rings. The van der Waals surface area contributed by atoms with Gasteiger partial charge in [0.2, 0.25) is 11.8 Å². The third-order valence-electron chi connectivity index (χ3n) is 6.20. The standard InChI is InChI=1S/C24H26F3N3O2/c25-24(26,27)20-6-1-4-17(13-20)12-18-8-9-21(28-14-18)19-5-2-10-29(15-19)23(32)16-30-11-3-7-22(30)31/h1,4,6,8-9,13-14,19H,2-3,5,7,10-12,15-16H2/t19-/m0/s1. The van der Waals surface area contributed by atoms with Crippen LogP contribution in [0.5, 0.6) is 0 Å². The molecule has 5 nitrogen and oxygen atoms in total. The molecule has 1 aromatic heterocycles. The highest BCUT2D eigenvalue weighted by Gasteiger charge is 2.31. The van der Waals surface area contributed by atoms with Crippen LogP contribution in [0.4, 0.5) is 13.2 Å². The molecule has 2 aliphatic heterocycles. The lowest BCUT2D eigenvalue weighted by Gasteiger charge is -2.33. The molecule has 0 radical (unpaired) electrons. The zero-order chi connectivity index (χ0) is 22.7. The summed E-state index contributed by atoms with van der Waals surface area (Å²) in [7, 11) is 0. The molecule has 3 heterocycles. The highest BCUT2D eigenvalue weighted by molar-refractivity contribution is 5.86. The second kappa shape index (κ2) is 9.30. The molecule has 0 N–H and O–H groups in total. The van der Waals surface area contributed by atoms with Gasteiger partial charge in [-0.3, -0.25) is 14.6 Å². The van der Waals surface area contributed by atoms with Crippen molar-refractivity contribution in [2.45, 2.75) is 44.2 Å². The number of carbonyl (C=O) groups is 2. The van der Waals surface area contributed by atoms with Crippen molar-refractivity contribution in [3.8, 4) is 0 Å². The van der Waals surface area contributed by atoms with Crippen LogP contribution in [0.3, 0.4) is 0 Å².